The molecule has 19 heavy (non-hydrogen) atoms. The number of carboxylic acid groups (broad SMARTS) is 1. The molecule has 1 heterocycles. The predicted molar refractivity (Wildman–Crippen MR) is 75.5 cm³/mol. The van der Waals surface area contributed by atoms with Crippen LogP contribution in [-0.2, 0) is 4.79 Å². The minimum atomic E-state index is -0.663. The Morgan fingerprint density at radius 1 is 1.26 bits per heavy atom. The van der Waals surface area contributed by atoms with E-state index in [4.69, 9.17) is 0 Å². The van der Waals surface area contributed by atoms with Gasteiger partial charge in [-0.2, -0.15) is 0 Å². The molecule has 3 nitrogen and oxygen atoms in total. The summed E-state index contributed by atoms with van der Waals surface area (Å²) < 4.78 is 0. The maximum absolute atomic E-state index is 11.7. The number of aryl methyl sites for hydroxylation is 1. The third-order valence-corrected chi connectivity index (χ3v) is 4.65. The summed E-state index contributed by atoms with van der Waals surface area (Å²) in [4.78, 5) is 11.7. The van der Waals surface area contributed by atoms with Gasteiger partial charge in [-0.15, -0.1) is 0 Å². The first-order valence-electron chi connectivity index (χ1n) is 7.26. The van der Waals surface area contributed by atoms with Crippen molar-refractivity contribution in [2.75, 3.05) is 5.32 Å². The van der Waals surface area contributed by atoms with Crippen molar-refractivity contribution in [1.29, 1.82) is 0 Å². The highest BCUT2D eigenvalue weighted by atomic mass is 16.4. The average Bonchev–Trinajstić information content (AvgIpc) is 2.60. The van der Waals surface area contributed by atoms with E-state index in [0.717, 1.165) is 30.5 Å². The van der Waals surface area contributed by atoms with Crippen LogP contribution in [0.1, 0.15) is 49.1 Å². The minimum Gasteiger partial charge on any atom is -0.481 e. The number of nitrogens with one attached hydrogen (secondary N) is 1. The molecule has 3 rings (SSSR count). The summed E-state index contributed by atoms with van der Waals surface area (Å²) in [5.74, 6) is -0.751. The highest BCUT2D eigenvalue weighted by Gasteiger charge is 2.40. The smallest absolute Gasteiger partial charge is 0.311 e. The largest absolute Gasteiger partial charge is 0.481 e. The SMILES string of the molecule is Cc1ccc2c(c1)NC1CCCCCC1C2C(=O)O. The van der Waals surface area contributed by atoms with Crippen molar-refractivity contribution in [3.63, 3.8) is 0 Å². The summed E-state index contributed by atoms with van der Waals surface area (Å²) in [7, 11) is 0. The zero-order valence-electron chi connectivity index (χ0n) is 11.4. The van der Waals surface area contributed by atoms with E-state index in [1.54, 1.807) is 0 Å². The van der Waals surface area contributed by atoms with Crippen LogP contribution >= 0.6 is 0 Å². The molecule has 2 N–H and O–H groups in total. The van der Waals surface area contributed by atoms with Crippen molar-refractivity contribution in [3.05, 3.63) is 29.3 Å². The summed E-state index contributed by atoms with van der Waals surface area (Å²) in [6.45, 7) is 2.05. The lowest BCUT2D eigenvalue weighted by Crippen LogP contribution is -2.40. The summed E-state index contributed by atoms with van der Waals surface area (Å²) in [6.07, 6.45) is 5.73. The molecule has 1 saturated carbocycles. The maximum Gasteiger partial charge on any atom is 0.311 e. The van der Waals surface area contributed by atoms with Gasteiger partial charge in [0.2, 0.25) is 0 Å². The van der Waals surface area contributed by atoms with E-state index >= 15 is 0 Å². The van der Waals surface area contributed by atoms with Crippen molar-refractivity contribution in [3.8, 4) is 0 Å². The van der Waals surface area contributed by atoms with Crippen LogP contribution < -0.4 is 5.32 Å². The molecule has 1 aliphatic carbocycles. The number of hydrogen-bond acceptors (Lipinski definition) is 2. The van der Waals surface area contributed by atoms with Gasteiger partial charge in [0.05, 0.1) is 5.92 Å². The number of hydrogen-bond donors (Lipinski definition) is 2. The molecule has 1 aliphatic heterocycles. The van der Waals surface area contributed by atoms with E-state index in [0.29, 0.717) is 6.04 Å². The van der Waals surface area contributed by atoms with Gasteiger partial charge in [0.25, 0.3) is 0 Å². The van der Waals surface area contributed by atoms with E-state index in [1.807, 2.05) is 12.1 Å². The third kappa shape index (κ3) is 2.22. The van der Waals surface area contributed by atoms with Crippen molar-refractivity contribution in [1.82, 2.24) is 0 Å². The van der Waals surface area contributed by atoms with E-state index < -0.39 is 5.97 Å². The Labute approximate surface area is 114 Å². The number of benzene rings is 1. The number of rotatable bonds is 1. The molecule has 0 spiro atoms. The van der Waals surface area contributed by atoms with Crippen LogP contribution in [-0.4, -0.2) is 17.1 Å². The number of anilines is 1. The Morgan fingerprint density at radius 2 is 2.05 bits per heavy atom. The van der Waals surface area contributed by atoms with Crippen molar-refractivity contribution < 1.29 is 9.90 Å². The molecule has 2 aliphatic rings. The fraction of sp³-hybridized carbons (Fsp3) is 0.562. The van der Waals surface area contributed by atoms with E-state index in [1.165, 1.54) is 18.4 Å². The molecule has 0 bridgehead atoms. The molecule has 3 heteroatoms. The second-order valence-electron chi connectivity index (χ2n) is 5.96. The fourth-order valence-corrected chi connectivity index (χ4v) is 3.73. The second-order valence-corrected chi connectivity index (χ2v) is 5.96. The van der Waals surface area contributed by atoms with Gasteiger partial charge in [-0.3, -0.25) is 4.79 Å². The predicted octanol–water partition coefficient (Wildman–Crippen LogP) is 3.54. The van der Waals surface area contributed by atoms with Crippen molar-refractivity contribution in [2.45, 2.75) is 51.0 Å². The number of aliphatic carboxylic acids is 1. The van der Waals surface area contributed by atoms with Crippen molar-refractivity contribution in [2.24, 2.45) is 5.92 Å². The summed E-state index contributed by atoms with van der Waals surface area (Å²) in [5.41, 5.74) is 3.19. The van der Waals surface area contributed by atoms with Gasteiger partial charge < -0.3 is 10.4 Å². The Kier molecular flexibility index (Phi) is 3.21. The molecule has 1 aromatic carbocycles. The van der Waals surface area contributed by atoms with Gasteiger partial charge in [0.1, 0.15) is 0 Å². The molecule has 0 amide bonds. The normalized spacial score (nSPS) is 29.6. The Hall–Kier alpha value is -1.51. The molecule has 102 valence electrons. The number of fused-ring (bicyclic) bond motifs is 2. The Balaban J connectivity index is 2.05. The third-order valence-electron chi connectivity index (χ3n) is 4.65. The molecule has 3 atom stereocenters. The number of carboxylic acids is 1. The highest BCUT2D eigenvalue weighted by Crippen LogP contribution is 2.44. The lowest BCUT2D eigenvalue weighted by atomic mass is 9.75. The zero-order valence-corrected chi connectivity index (χ0v) is 11.4. The molecule has 0 aromatic heterocycles. The number of carbonyl (C=O) groups is 1. The molecule has 1 fully saturated rings. The molecular formula is C16H21NO2. The van der Waals surface area contributed by atoms with E-state index in [2.05, 4.69) is 18.3 Å². The molecule has 0 radical (unpaired) electrons. The second kappa shape index (κ2) is 4.87. The lowest BCUT2D eigenvalue weighted by molar-refractivity contribution is -0.140. The molecule has 3 unspecified atom stereocenters. The summed E-state index contributed by atoms with van der Waals surface area (Å²) in [5, 5.41) is 13.3. The van der Waals surface area contributed by atoms with Crippen molar-refractivity contribution >= 4 is 11.7 Å². The fourth-order valence-electron chi connectivity index (χ4n) is 3.73. The van der Waals surface area contributed by atoms with E-state index in [-0.39, 0.29) is 11.8 Å². The quantitative estimate of drug-likeness (QED) is 0.811. The standard InChI is InChI=1S/C16H21NO2/c1-10-7-8-12-14(9-10)17-13-6-4-2-3-5-11(13)15(12)16(18)19/h7-9,11,13,15,17H,2-6H2,1H3,(H,18,19). The van der Waals surface area contributed by atoms with Crippen LogP contribution in [0.4, 0.5) is 5.69 Å². The Bertz CT molecular complexity index is 498. The maximum atomic E-state index is 11.7. The van der Waals surface area contributed by atoms with Crippen LogP contribution in [0.5, 0.6) is 0 Å². The van der Waals surface area contributed by atoms with Crippen LogP contribution in [0, 0.1) is 12.8 Å². The van der Waals surface area contributed by atoms with Crippen LogP contribution in [0.2, 0.25) is 0 Å². The van der Waals surface area contributed by atoms with Gasteiger partial charge in [-0.1, -0.05) is 31.4 Å². The first-order chi connectivity index (χ1) is 9.16. The monoisotopic (exact) mass is 259 g/mol. The molecule has 0 saturated heterocycles. The van der Waals surface area contributed by atoms with Crippen LogP contribution in [0.25, 0.3) is 0 Å². The van der Waals surface area contributed by atoms with Gasteiger partial charge >= 0.3 is 5.97 Å². The van der Waals surface area contributed by atoms with Gasteiger partial charge in [-0.25, -0.2) is 0 Å². The summed E-state index contributed by atoms with van der Waals surface area (Å²) >= 11 is 0. The Morgan fingerprint density at radius 3 is 2.84 bits per heavy atom. The summed E-state index contributed by atoms with van der Waals surface area (Å²) in [6, 6.07) is 6.44. The molecular weight excluding hydrogens is 238 g/mol. The first-order valence-corrected chi connectivity index (χ1v) is 7.26. The lowest BCUT2D eigenvalue weighted by Gasteiger charge is -2.38. The van der Waals surface area contributed by atoms with Crippen LogP contribution in [0.15, 0.2) is 18.2 Å². The average molecular weight is 259 g/mol. The highest BCUT2D eigenvalue weighted by molar-refractivity contribution is 5.81. The minimum absolute atomic E-state index is 0.246. The van der Waals surface area contributed by atoms with Gasteiger partial charge in [-0.05, 0) is 42.9 Å². The van der Waals surface area contributed by atoms with E-state index in [9.17, 15) is 9.90 Å². The topological polar surface area (TPSA) is 49.3 Å². The van der Waals surface area contributed by atoms with Gasteiger partial charge in [0.15, 0.2) is 0 Å². The first kappa shape index (κ1) is 12.5. The van der Waals surface area contributed by atoms with Crippen LogP contribution in [0.3, 0.4) is 0 Å². The van der Waals surface area contributed by atoms with Gasteiger partial charge in [0, 0.05) is 11.7 Å². The zero-order chi connectivity index (χ0) is 13.4. The molecule has 1 aromatic rings.